The lowest BCUT2D eigenvalue weighted by molar-refractivity contribution is -0.114. The Balaban J connectivity index is 1.92. The Bertz CT molecular complexity index is 774. The molecule has 0 bridgehead atoms. The Labute approximate surface area is 141 Å². The molecule has 1 amide bonds. The number of hydrogen-bond donors (Lipinski definition) is 3. The number of benzene rings is 2. The quantitative estimate of drug-likeness (QED) is 0.713. The van der Waals surface area contributed by atoms with E-state index in [9.17, 15) is 18.3 Å². The molecule has 0 fully saturated rings. The molecule has 0 aliphatic carbocycles. The van der Waals surface area contributed by atoms with Crippen LogP contribution in [0.5, 0.6) is 0 Å². The molecule has 128 valence electrons. The van der Waals surface area contributed by atoms with Crippen LogP contribution in [0.1, 0.15) is 25.0 Å². The molecular formula is C17H20N2O4S. The molecule has 3 N–H and O–H groups in total. The van der Waals surface area contributed by atoms with E-state index in [0.717, 1.165) is 5.56 Å². The fraction of sp³-hybridized carbons (Fsp3) is 0.235. The van der Waals surface area contributed by atoms with Gasteiger partial charge < -0.3 is 10.4 Å². The van der Waals surface area contributed by atoms with Crippen LogP contribution in [0.25, 0.3) is 0 Å². The zero-order valence-corrected chi connectivity index (χ0v) is 14.1. The molecular weight excluding hydrogens is 328 g/mol. The summed E-state index contributed by atoms with van der Waals surface area (Å²) >= 11 is 0. The summed E-state index contributed by atoms with van der Waals surface area (Å²) in [5, 5.41) is 12.6. The zero-order chi connectivity index (χ0) is 17.6. The zero-order valence-electron chi connectivity index (χ0n) is 13.3. The molecule has 0 aliphatic heterocycles. The van der Waals surface area contributed by atoms with E-state index in [1.54, 1.807) is 12.1 Å². The topological polar surface area (TPSA) is 95.5 Å². The van der Waals surface area contributed by atoms with Gasteiger partial charge in [-0.2, -0.15) is 0 Å². The number of carbonyl (C=O) groups excluding carboxylic acids is 1. The van der Waals surface area contributed by atoms with Gasteiger partial charge in [-0.3, -0.25) is 4.79 Å². The fourth-order valence-corrected chi connectivity index (χ4v) is 3.22. The lowest BCUT2D eigenvalue weighted by atomic mass is 10.1. The molecule has 0 saturated carbocycles. The molecule has 2 aromatic carbocycles. The van der Waals surface area contributed by atoms with Crippen molar-refractivity contribution in [2.24, 2.45) is 0 Å². The first-order valence-electron chi connectivity index (χ1n) is 7.49. The average Bonchev–Trinajstić information content (AvgIpc) is 2.55. The van der Waals surface area contributed by atoms with Crippen LogP contribution < -0.4 is 10.0 Å². The second kappa shape index (κ2) is 8.05. The SMILES string of the molecule is CC(=O)Nc1ccc(S(=O)(=O)NCC[C@H](O)c2ccccc2)cc1. The summed E-state index contributed by atoms with van der Waals surface area (Å²) in [6.07, 6.45) is -0.455. The van der Waals surface area contributed by atoms with Crippen LogP contribution in [0, 0.1) is 0 Å². The van der Waals surface area contributed by atoms with Gasteiger partial charge >= 0.3 is 0 Å². The van der Waals surface area contributed by atoms with Gasteiger partial charge in [0.05, 0.1) is 11.0 Å². The summed E-state index contributed by atoms with van der Waals surface area (Å²) in [5.41, 5.74) is 1.28. The van der Waals surface area contributed by atoms with Gasteiger partial charge in [-0.05, 0) is 36.2 Å². The molecule has 2 aromatic rings. The molecule has 2 rings (SSSR count). The maximum Gasteiger partial charge on any atom is 0.240 e. The van der Waals surface area contributed by atoms with Crippen molar-refractivity contribution in [3.8, 4) is 0 Å². The maximum atomic E-state index is 12.2. The van der Waals surface area contributed by atoms with Gasteiger partial charge in [-0.25, -0.2) is 13.1 Å². The molecule has 0 radical (unpaired) electrons. The van der Waals surface area contributed by atoms with Crippen molar-refractivity contribution in [1.29, 1.82) is 0 Å². The summed E-state index contributed by atoms with van der Waals surface area (Å²) in [5.74, 6) is -0.223. The van der Waals surface area contributed by atoms with Crippen LogP contribution in [0.4, 0.5) is 5.69 Å². The number of anilines is 1. The smallest absolute Gasteiger partial charge is 0.240 e. The highest BCUT2D eigenvalue weighted by Crippen LogP contribution is 2.17. The second-order valence-electron chi connectivity index (χ2n) is 5.32. The summed E-state index contributed by atoms with van der Waals surface area (Å²) in [7, 11) is -3.66. The van der Waals surface area contributed by atoms with Crippen molar-refractivity contribution < 1.29 is 18.3 Å². The van der Waals surface area contributed by atoms with Gasteiger partial charge in [0.15, 0.2) is 0 Å². The van der Waals surface area contributed by atoms with E-state index < -0.39 is 16.1 Å². The van der Waals surface area contributed by atoms with Crippen molar-refractivity contribution in [2.45, 2.75) is 24.3 Å². The first kappa shape index (κ1) is 18.1. The minimum atomic E-state index is -3.66. The standard InChI is InChI=1S/C17H20N2O4S/c1-13(20)19-15-7-9-16(10-8-15)24(22,23)18-12-11-17(21)14-5-3-2-4-6-14/h2-10,17-18,21H,11-12H2,1H3,(H,19,20)/t17-/m0/s1. The molecule has 0 heterocycles. The van der Waals surface area contributed by atoms with E-state index in [1.807, 2.05) is 18.2 Å². The molecule has 24 heavy (non-hydrogen) atoms. The van der Waals surface area contributed by atoms with Crippen LogP contribution in [-0.4, -0.2) is 26.0 Å². The van der Waals surface area contributed by atoms with Crippen molar-refractivity contribution in [1.82, 2.24) is 4.72 Å². The summed E-state index contributed by atoms with van der Waals surface area (Å²) in [6.45, 7) is 1.50. The fourth-order valence-electron chi connectivity index (χ4n) is 2.18. The van der Waals surface area contributed by atoms with Crippen molar-refractivity contribution in [2.75, 3.05) is 11.9 Å². The molecule has 0 aromatic heterocycles. The van der Waals surface area contributed by atoms with Crippen LogP contribution in [-0.2, 0) is 14.8 Å². The highest BCUT2D eigenvalue weighted by molar-refractivity contribution is 7.89. The number of hydrogen-bond acceptors (Lipinski definition) is 4. The third kappa shape index (κ3) is 5.16. The number of amides is 1. The predicted octanol–water partition coefficient (Wildman–Crippen LogP) is 2.05. The summed E-state index contributed by atoms with van der Waals surface area (Å²) < 4.78 is 26.9. The van der Waals surface area contributed by atoms with Gasteiger partial charge in [-0.1, -0.05) is 30.3 Å². The van der Waals surface area contributed by atoms with E-state index in [-0.39, 0.29) is 23.8 Å². The molecule has 1 atom stereocenters. The monoisotopic (exact) mass is 348 g/mol. The Kier molecular flexibility index (Phi) is 6.08. The highest BCUT2D eigenvalue weighted by atomic mass is 32.2. The normalized spacial score (nSPS) is 12.6. The van der Waals surface area contributed by atoms with Gasteiger partial charge in [0.1, 0.15) is 0 Å². The second-order valence-corrected chi connectivity index (χ2v) is 7.09. The van der Waals surface area contributed by atoms with Crippen molar-refractivity contribution >= 4 is 21.6 Å². The lowest BCUT2D eigenvalue weighted by Crippen LogP contribution is -2.26. The number of carbonyl (C=O) groups is 1. The van der Waals surface area contributed by atoms with Crippen LogP contribution in [0.2, 0.25) is 0 Å². The molecule has 0 unspecified atom stereocenters. The molecule has 0 aliphatic rings. The van der Waals surface area contributed by atoms with Crippen molar-refractivity contribution in [3.63, 3.8) is 0 Å². The van der Waals surface area contributed by atoms with E-state index in [1.165, 1.54) is 31.2 Å². The Hall–Kier alpha value is -2.22. The van der Waals surface area contributed by atoms with Crippen LogP contribution in [0.15, 0.2) is 59.5 Å². The summed E-state index contributed by atoms with van der Waals surface area (Å²) in [4.78, 5) is 11.1. The van der Waals surface area contributed by atoms with Crippen molar-refractivity contribution in [3.05, 3.63) is 60.2 Å². The third-order valence-corrected chi connectivity index (χ3v) is 4.86. The van der Waals surface area contributed by atoms with Gasteiger partial charge in [-0.15, -0.1) is 0 Å². The number of aliphatic hydroxyl groups is 1. The minimum absolute atomic E-state index is 0.103. The number of sulfonamides is 1. The van der Waals surface area contributed by atoms with E-state index in [2.05, 4.69) is 10.0 Å². The van der Waals surface area contributed by atoms with Gasteiger partial charge in [0.25, 0.3) is 0 Å². The molecule has 6 nitrogen and oxygen atoms in total. The first-order chi connectivity index (χ1) is 11.4. The average molecular weight is 348 g/mol. The lowest BCUT2D eigenvalue weighted by Gasteiger charge is -2.12. The number of rotatable bonds is 7. The first-order valence-corrected chi connectivity index (χ1v) is 8.97. The number of nitrogens with one attached hydrogen (secondary N) is 2. The summed E-state index contributed by atoms with van der Waals surface area (Å²) in [6, 6.07) is 15.0. The Morgan fingerprint density at radius 3 is 2.29 bits per heavy atom. The third-order valence-electron chi connectivity index (χ3n) is 3.38. The molecule has 7 heteroatoms. The number of aliphatic hydroxyl groups excluding tert-OH is 1. The van der Waals surface area contributed by atoms with E-state index in [0.29, 0.717) is 5.69 Å². The van der Waals surface area contributed by atoms with Crippen LogP contribution in [0.3, 0.4) is 0 Å². The van der Waals surface area contributed by atoms with E-state index >= 15 is 0 Å². The van der Waals surface area contributed by atoms with Gasteiger partial charge in [0, 0.05) is 19.2 Å². The van der Waals surface area contributed by atoms with E-state index in [4.69, 9.17) is 0 Å². The highest BCUT2D eigenvalue weighted by Gasteiger charge is 2.15. The Morgan fingerprint density at radius 2 is 1.71 bits per heavy atom. The molecule has 0 spiro atoms. The van der Waals surface area contributed by atoms with Gasteiger partial charge in [0.2, 0.25) is 15.9 Å². The predicted molar refractivity (Wildman–Crippen MR) is 92.0 cm³/mol. The molecule has 0 saturated heterocycles. The largest absolute Gasteiger partial charge is 0.388 e. The van der Waals surface area contributed by atoms with Crippen LogP contribution >= 0.6 is 0 Å². The maximum absolute atomic E-state index is 12.2. The Morgan fingerprint density at radius 1 is 1.08 bits per heavy atom. The minimum Gasteiger partial charge on any atom is -0.388 e.